The highest BCUT2D eigenvalue weighted by Crippen LogP contribution is 2.19. The molecule has 0 amide bonds. The third kappa shape index (κ3) is 2.63. The number of nitrogens with zero attached hydrogens (tertiary/aromatic N) is 3. The largest absolute Gasteiger partial charge is 0.408 e. The second-order valence-electron chi connectivity index (χ2n) is 3.51. The molecular weight excluding hydrogens is 315 g/mol. The maximum Gasteiger partial charge on any atom is 0.408 e. The monoisotopic (exact) mass is 321 g/mol. The molecule has 0 atom stereocenters. The van der Waals surface area contributed by atoms with Gasteiger partial charge in [-0.2, -0.15) is 18.3 Å². The quantitative estimate of drug-likeness (QED) is 0.852. The van der Waals surface area contributed by atoms with Gasteiger partial charge in [0.25, 0.3) is 0 Å². The first-order valence-corrected chi connectivity index (χ1v) is 5.64. The van der Waals surface area contributed by atoms with Crippen LogP contribution in [0, 0.1) is 0 Å². The summed E-state index contributed by atoms with van der Waals surface area (Å²) in [5.74, 6) is 0. The summed E-state index contributed by atoms with van der Waals surface area (Å²) in [4.78, 5) is 11.7. The lowest BCUT2D eigenvalue weighted by Crippen LogP contribution is -2.30. The molecule has 0 N–H and O–H groups in total. The van der Waals surface area contributed by atoms with Crippen molar-refractivity contribution in [2.45, 2.75) is 12.7 Å². The average Bonchev–Trinajstić information content (AvgIpc) is 2.59. The van der Waals surface area contributed by atoms with E-state index in [1.54, 1.807) is 24.3 Å². The normalized spacial score (nSPS) is 11.8. The van der Waals surface area contributed by atoms with Crippen LogP contribution < -0.4 is 5.69 Å². The van der Waals surface area contributed by atoms with Crippen LogP contribution in [0.5, 0.6) is 0 Å². The standard InChI is InChI=1S/C10H7BrF3N3O/c11-7-3-1-2-4-8(7)16-6-15-17(9(16)18)5-10(12,13)14/h1-4,6H,5H2. The predicted octanol–water partition coefficient (Wildman–Crippen LogP) is 2.36. The Morgan fingerprint density at radius 3 is 2.56 bits per heavy atom. The molecule has 0 aliphatic rings. The Morgan fingerprint density at radius 2 is 1.94 bits per heavy atom. The lowest BCUT2D eigenvalue weighted by Gasteiger charge is -2.05. The summed E-state index contributed by atoms with van der Waals surface area (Å²) in [6.45, 7) is -1.40. The molecule has 8 heteroatoms. The lowest BCUT2D eigenvalue weighted by molar-refractivity contribution is -0.143. The lowest BCUT2D eigenvalue weighted by atomic mass is 10.3. The molecule has 96 valence electrons. The minimum Gasteiger partial charge on any atom is -0.248 e. The highest BCUT2D eigenvalue weighted by Gasteiger charge is 2.30. The first-order chi connectivity index (χ1) is 8.38. The Kier molecular flexibility index (Phi) is 3.29. The van der Waals surface area contributed by atoms with Crippen molar-refractivity contribution < 1.29 is 13.2 Å². The Balaban J connectivity index is 2.44. The van der Waals surface area contributed by atoms with Gasteiger partial charge in [-0.3, -0.25) is 0 Å². The summed E-state index contributed by atoms with van der Waals surface area (Å²) in [6, 6.07) is 6.69. The molecule has 0 radical (unpaired) electrons. The average molecular weight is 322 g/mol. The number of rotatable bonds is 2. The molecule has 0 bridgehead atoms. The van der Waals surface area contributed by atoms with E-state index in [9.17, 15) is 18.0 Å². The summed E-state index contributed by atoms with van der Waals surface area (Å²) in [7, 11) is 0. The van der Waals surface area contributed by atoms with Gasteiger partial charge in [0.05, 0.1) is 5.69 Å². The molecule has 0 unspecified atom stereocenters. The van der Waals surface area contributed by atoms with Crippen molar-refractivity contribution in [3.63, 3.8) is 0 Å². The van der Waals surface area contributed by atoms with Crippen LogP contribution in [0.2, 0.25) is 0 Å². The van der Waals surface area contributed by atoms with Gasteiger partial charge in [-0.1, -0.05) is 12.1 Å². The van der Waals surface area contributed by atoms with Gasteiger partial charge in [-0.25, -0.2) is 14.0 Å². The van der Waals surface area contributed by atoms with Gasteiger partial charge in [0.2, 0.25) is 0 Å². The number of hydrogen-bond acceptors (Lipinski definition) is 2. The van der Waals surface area contributed by atoms with Crippen molar-refractivity contribution in [2.75, 3.05) is 0 Å². The van der Waals surface area contributed by atoms with E-state index in [1.807, 2.05) is 0 Å². The minimum absolute atomic E-state index is 0.374. The van der Waals surface area contributed by atoms with Crippen LogP contribution in [0.1, 0.15) is 0 Å². The molecule has 0 fully saturated rings. The van der Waals surface area contributed by atoms with Crippen LogP contribution in [-0.4, -0.2) is 20.5 Å². The smallest absolute Gasteiger partial charge is 0.248 e. The summed E-state index contributed by atoms with van der Waals surface area (Å²) in [6.07, 6.45) is -3.41. The molecule has 18 heavy (non-hydrogen) atoms. The fourth-order valence-electron chi connectivity index (χ4n) is 1.43. The van der Waals surface area contributed by atoms with Gasteiger partial charge >= 0.3 is 11.9 Å². The van der Waals surface area contributed by atoms with Crippen molar-refractivity contribution in [3.05, 3.63) is 45.5 Å². The van der Waals surface area contributed by atoms with E-state index in [2.05, 4.69) is 21.0 Å². The van der Waals surface area contributed by atoms with Gasteiger partial charge in [0.15, 0.2) is 0 Å². The van der Waals surface area contributed by atoms with E-state index >= 15 is 0 Å². The van der Waals surface area contributed by atoms with Gasteiger partial charge in [-0.05, 0) is 28.1 Å². The van der Waals surface area contributed by atoms with Gasteiger partial charge < -0.3 is 0 Å². The molecule has 2 rings (SSSR count). The SMILES string of the molecule is O=c1n(-c2ccccc2Br)cnn1CC(F)(F)F. The molecule has 0 spiro atoms. The van der Waals surface area contributed by atoms with Crippen LogP contribution in [-0.2, 0) is 6.54 Å². The molecule has 1 aromatic heterocycles. The fraction of sp³-hybridized carbons (Fsp3) is 0.200. The molecule has 0 saturated heterocycles. The highest BCUT2D eigenvalue weighted by atomic mass is 79.9. The topological polar surface area (TPSA) is 39.8 Å². The van der Waals surface area contributed by atoms with E-state index < -0.39 is 18.4 Å². The number of hydrogen-bond donors (Lipinski definition) is 0. The predicted molar refractivity (Wildman–Crippen MR) is 61.6 cm³/mol. The zero-order chi connectivity index (χ0) is 13.3. The van der Waals surface area contributed by atoms with Crippen LogP contribution in [0.15, 0.2) is 39.9 Å². The Morgan fingerprint density at radius 1 is 1.28 bits per heavy atom. The molecule has 4 nitrogen and oxygen atoms in total. The number of benzene rings is 1. The van der Waals surface area contributed by atoms with Gasteiger partial charge in [-0.15, -0.1) is 0 Å². The fourth-order valence-corrected chi connectivity index (χ4v) is 1.90. The number of halogens is 4. The van der Waals surface area contributed by atoms with E-state index in [4.69, 9.17) is 0 Å². The summed E-state index contributed by atoms with van der Waals surface area (Å²) in [5.41, 5.74) is -0.393. The number of para-hydroxylation sites is 1. The maximum atomic E-state index is 12.2. The van der Waals surface area contributed by atoms with E-state index in [1.165, 1.54) is 0 Å². The highest BCUT2D eigenvalue weighted by molar-refractivity contribution is 9.10. The summed E-state index contributed by atoms with van der Waals surface area (Å²) < 4.78 is 38.6. The van der Waals surface area contributed by atoms with Crippen molar-refractivity contribution in [1.29, 1.82) is 0 Å². The number of alkyl halides is 3. The molecule has 0 aliphatic carbocycles. The Bertz CT molecular complexity index is 617. The van der Waals surface area contributed by atoms with Crippen molar-refractivity contribution in [2.24, 2.45) is 0 Å². The summed E-state index contributed by atoms with van der Waals surface area (Å²) >= 11 is 3.22. The van der Waals surface area contributed by atoms with E-state index in [0.29, 0.717) is 14.8 Å². The third-order valence-corrected chi connectivity index (χ3v) is 2.84. The summed E-state index contributed by atoms with van der Waals surface area (Å²) in [5, 5.41) is 3.44. The second-order valence-corrected chi connectivity index (χ2v) is 4.36. The Labute approximate surface area is 108 Å². The van der Waals surface area contributed by atoms with Crippen molar-refractivity contribution in [3.8, 4) is 5.69 Å². The molecule has 1 aromatic carbocycles. The number of aromatic nitrogens is 3. The maximum absolute atomic E-state index is 12.2. The molecule has 2 aromatic rings. The minimum atomic E-state index is -4.48. The third-order valence-electron chi connectivity index (χ3n) is 2.17. The molecule has 0 saturated carbocycles. The molecular formula is C10H7BrF3N3O. The second kappa shape index (κ2) is 4.60. The van der Waals surface area contributed by atoms with Gasteiger partial charge in [0.1, 0.15) is 12.9 Å². The van der Waals surface area contributed by atoms with Crippen LogP contribution in [0.25, 0.3) is 5.69 Å². The van der Waals surface area contributed by atoms with E-state index in [-0.39, 0.29) is 0 Å². The Hall–Kier alpha value is -1.57. The first-order valence-electron chi connectivity index (χ1n) is 4.84. The zero-order valence-electron chi connectivity index (χ0n) is 8.86. The van der Waals surface area contributed by atoms with E-state index in [0.717, 1.165) is 10.9 Å². The van der Waals surface area contributed by atoms with Gasteiger partial charge in [0, 0.05) is 4.47 Å². The molecule has 0 aliphatic heterocycles. The van der Waals surface area contributed by atoms with Crippen LogP contribution in [0.3, 0.4) is 0 Å². The van der Waals surface area contributed by atoms with Crippen molar-refractivity contribution >= 4 is 15.9 Å². The van der Waals surface area contributed by atoms with Crippen LogP contribution >= 0.6 is 15.9 Å². The zero-order valence-corrected chi connectivity index (χ0v) is 10.4. The van der Waals surface area contributed by atoms with Crippen LogP contribution in [0.4, 0.5) is 13.2 Å². The van der Waals surface area contributed by atoms with Crippen molar-refractivity contribution in [1.82, 2.24) is 14.3 Å². The molecule has 1 heterocycles. The first kappa shape index (κ1) is 12.9.